The van der Waals surface area contributed by atoms with Gasteiger partial charge in [0.25, 0.3) is 0 Å². The molecule has 0 atom stereocenters. The molecule has 4 heteroatoms. The SMILES string of the molecule is Cc1cc2cc(NCC(=O)O)ccc2o1. The molecule has 1 heterocycles. The second kappa shape index (κ2) is 3.65. The average Bonchev–Trinajstić information content (AvgIpc) is 2.53. The molecule has 1 aromatic heterocycles. The van der Waals surface area contributed by atoms with Crippen molar-refractivity contribution in [2.75, 3.05) is 11.9 Å². The summed E-state index contributed by atoms with van der Waals surface area (Å²) in [5, 5.41) is 12.3. The van der Waals surface area contributed by atoms with Gasteiger partial charge in [-0.2, -0.15) is 0 Å². The summed E-state index contributed by atoms with van der Waals surface area (Å²) in [5.74, 6) is -0.0288. The van der Waals surface area contributed by atoms with Crippen LogP contribution in [0.5, 0.6) is 0 Å². The fourth-order valence-corrected chi connectivity index (χ4v) is 1.46. The molecule has 0 saturated carbocycles. The average molecular weight is 205 g/mol. The Kier molecular flexibility index (Phi) is 2.33. The number of aryl methyl sites for hydroxylation is 1. The number of furan rings is 1. The molecule has 0 aliphatic rings. The van der Waals surface area contributed by atoms with Gasteiger partial charge in [-0.25, -0.2) is 0 Å². The van der Waals surface area contributed by atoms with Crippen LogP contribution in [-0.2, 0) is 4.79 Å². The first-order chi connectivity index (χ1) is 7.15. The second-order valence-electron chi connectivity index (χ2n) is 3.36. The zero-order chi connectivity index (χ0) is 10.8. The second-order valence-corrected chi connectivity index (χ2v) is 3.36. The van der Waals surface area contributed by atoms with Gasteiger partial charge in [0.1, 0.15) is 17.9 Å². The number of carbonyl (C=O) groups is 1. The first kappa shape index (κ1) is 9.58. The van der Waals surface area contributed by atoms with Crippen molar-refractivity contribution in [1.29, 1.82) is 0 Å². The number of hydrogen-bond donors (Lipinski definition) is 2. The summed E-state index contributed by atoms with van der Waals surface area (Å²) in [4.78, 5) is 10.4. The minimum atomic E-state index is -0.876. The molecule has 0 radical (unpaired) electrons. The normalized spacial score (nSPS) is 10.5. The van der Waals surface area contributed by atoms with Crippen LogP contribution >= 0.6 is 0 Å². The third kappa shape index (κ3) is 2.10. The highest BCUT2D eigenvalue weighted by Gasteiger charge is 2.02. The molecule has 15 heavy (non-hydrogen) atoms. The Morgan fingerprint density at radius 1 is 1.47 bits per heavy atom. The van der Waals surface area contributed by atoms with Crippen molar-refractivity contribution in [3.05, 3.63) is 30.0 Å². The summed E-state index contributed by atoms with van der Waals surface area (Å²) in [6.45, 7) is 1.80. The van der Waals surface area contributed by atoms with Crippen molar-refractivity contribution in [2.24, 2.45) is 0 Å². The lowest BCUT2D eigenvalue weighted by Crippen LogP contribution is -2.11. The monoisotopic (exact) mass is 205 g/mol. The third-order valence-electron chi connectivity index (χ3n) is 2.08. The van der Waals surface area contributed by atoms with E-state index in [2.05, 4.69) is 5.32 Å². The van der Waals surface area contributed by atoms with Gasteiger partial charge in [-0.1, -0.05) is 0 Å². The van der Waals surface area contributed by atoms with Crippen molar-refractivity contribution in [3.63, 3.8) is 0 Å². The van der Waals surface area contributed by atoms with E-state index in [0.29, 0.717) is 0 Å². The quantitative estimate of drug-likeness (QED) is 0.806. The van der Waals surface area contributed by atoms with Crippen LogP contribution in [0.1, 0.15) is 5.76 Å². The lowest BCUT2D eigenvalue weighted by Gasteiger charge is -2.01. The molecule has 0 unspecified atom stereocenters. The number of benzene rings is 1. The van der Waals surface area contributed by atoms with Crippen LogP contribution in [0.2, 0.25) is 0 Å². The van der Waals surface area contributed by atoms with Gasteiger partial charge in [-0.15, -0.1) is 0 Å². The van der Waals surface area contributed by atoms with Gasteiger partial charge < -0.3 is 14.8 Å². The molecular formula is C11H11NO3. The molecule has 2 aromatic rings. The molecule has 78 valence electrons. The summed E-state index contributed by atoms with van der Waals surface area (Å²) in [5.41, 5.74) is 1.60. The molecule has 2 rings (SSSR count). The van der Waals surface area contributed by atoms with Crippen LogP contribution in [0.3, 0.4) is 0 Å². The molecule has 0 aliphatic carbocycles. The highest BCUT2D eigenvalue weighted by Crippen LogP contribution is 2.22. The van der Waals surface area contributed by atoms with E-state index in [9.17, 15) is 4.79 Å². The van der Waals surface area contributed by atoms with E-state index in [1.54, 1.807) is 6.07 Å². The number of nitrogens with one attached hydrogen (secondary N) is 1. The molecule has 0 spiro atoms. The molecule has 0 aliphatic heterocycles. The Hall–Kier alpha value is -1.97. The topological polar surface area (TPSA) is 62.5 Å². The molecule has 2 N–H and O–H groups in total. The van der Waals surface area contributed by atoms with Gasteiger partial charge in [0.2, 0.25) is 0 Å². The van der Waals surface area contributed by atoms with Crippen molar-refractivity contribution < 1.29 is 14.3 Å². The molecule has 0 saturated heterocycles. The van der Waals surface area contributed by atoms with Crippen molar-refractivity contribution >= 4 is 22.6 Å². The van der Waals surface area contributed by atoms with Gasteiger partial charge in [-0.3, -0.25) is 4.79 Å². The molecule has 0 bridgehead atoms. The lowest BCUT2D eigenvalue weighted by atomic mass is 10.2. The summed E-state index contributed by atoms with van der Waals surface area (Å²) >= 11 is 0. The number of hydrogen-bond acceptors (Lipinski definition) is 3. The number of rotatable bonds is 3. The van der Waals surface area contributed by atoms with Crippen LogP contribution in [0, 0.1) is 6.92 Å². The minimum Gasteiger partial charge on any atom is -0.480 e. The summed E-state index contributed by atoms with van der Waals surface area (Å²) in [6.07, 6.45) is 0. The van der Waals surface area contributed by atoms with Crippen molar-refractivity contribution in [2.45, 2.75) is 6.92 Å². The first-order valence-electron chi connectivity index (χ1n) is 4.61. The van der Waals surface area contributed by atoms with Crippen molar-refractivity contribution in [3.8, 4) is 0 Å². The fourth-order valence-electron chi connectivity index (χ4n) is 1.46. The number of carboxylic acid groups (broad SMARTS) is 1. The number of fused-ring (bicyclic) bond motifs is 1. The largest absolute Gasteiger partial charge is 0.480 e. The van der Waals surface area contributed by atoms with E-state index in [0.717, 1.165) is 22.4 Å². The smallest absolute Gasteiger partial charge is 0.322 e. The molecule has 4 nitrogen and oxygen atoms in total. The highest BCUT2D eigenvalue weighted by atomic mass is 16.4. The molecule has 0 fully saturated rings. The summed E-state index contributed by atoms with van der Waals surface area (Å²) < 4.78 is 5.40. The van der Waals surface area contributed by atoms with E-state index < -0.39 is 5.97 Å². The number of anilines is 1. The maximum absolute atomic E-state index is 10.4. The predicted molar refractivity (Wildman–Crippen MR) is 57.1 cm³/mol. The van der Waals surface area contributed by atoms with Gasteiger partial charge in [0.15, 0.2) is 0 Å². The highest BCUT2D eigenvalue weighted by molar-refractivity contribution is 5.82. The maximum Gasteiger partial charge on any atom is 0.322 e. The van der Waals surface area contributed by atoms with Gasteiger partial charge >= 0.3 is 5.97 Å². The van der Waals surface area contributed by atoms with E-state index in [1.165, 1.54) is 0 Å². The minimum absolute atomic E-state index is 0.0810. The van der Waals surface area contributed by atoms with E-state index >= 15 is 0 Å². The third-order valence-corrected chi connectivity index (χ3v) is 2.08. The molecular weight excluding hydrogens is 194 g/mol. The maximum atomic E-state index is 10.4. The van der Waals surface area contributed by atoms with Crippen LogP contribution < -0.4 is 5.32 Å². The Morgan fingerprint density at radius 2 is 2.27 bits per heavy atom. The van der Waals surface area contributed by atoms with Gasteiger partial charge in [0.05, 0.1) is 0 Å². The van der Waals surface area contributed by atoms with Crippen LogP contribution in [0.25, 0.3) is 11.0 Å². The Bertz CT molecular complexity index is 502. The Balaban J connectivity index is 2.26. The zero-order valence-electron chi connectivity index (χ0n) is 8.28. The number of carboxylic acids is 1. The molecule has 0 amide bonds. The van der Waals surface area contributed by atoms with Gasteiger partial charge in [-0.05, 0) is 31.2 Å². The van der Waals surface area contributed by atoms with Crippen LogP contribution in [0.15, 0.2) is 28.7 Å². The van der Waals surface area contributed by atoms with Crippen LogP contribution in [-0.4, -0.2) is 17.6 Å². The number of aliphatic carboxylic acids is 1. The van der Waals surface area contributed by atoms with Crippen LogP contribution in [0.4, 0.5) is 5.69 Å². The van der Waals surface area contributed by atoms with Gasteiger partial charge in [0, 0.05) is 11.1 Å². The Labute approximate surface area is 86.5 Å². The summed E-state index contributed by atoms with van der Waals surface area (Å²) in [7, 11) is 0. The fraction of sp³-hybridized carbons (Fsp3) is 0.182. The van der Waals surface area contributed by atoms with E-state index in [1.807, 2.05) is 25.1 Å². The Morgan fingerprint density at radius 3 is 3.00 bits per heavy atom. The van der Waals surface area contributed by atoms with E-state index in [-0.39, 0.29) is 6.54 Å². The lowest BCUT2D eigenvalue weighted by molar-refractivity contribution is -0.134. The molecule has 1 aromatic carbocycles. The van der Waals surface area contributed by atoms with E-state index in [4.69, 9.17) is 9.52 Å². The van der Waals surface area contributed by atoms with Crippen molar-refractivity contribution in [1.82, 2.24) is 0 Å². The zero-order valence-corrected chi connectivity index (χ0v) is 8.28. The predicted octanol–water partition coefficient (Wildman–Crippen LogP) is 2.24. The standard InChI is InChI=1S/C11H11NO3/c1-7-4-8-5-9(12-6-11(13)14)2-3-10(8)15-7/h2-5,12H,6H2,1H3,(H,13,14). The summed E-state index contributed by atoms with van der Waals surface area (Å²) in [6, 6.07) is 7.41. The first-order valence-corrected chi connectivity index (χ1v) is 4.61.